The standard InChI is InChI=1S/C21H24N4/c1-16-7-3-4-8-19(16)15-25-21(22-2)24-14-12-18-10-5-9-17-11-6-13-23-20(17)18/h3-11,13H,12,14-15H2,1-2H3,(H2,22,24,25). The van der Waals surface area contributed by atoms with Crippen LogP contribution in [0.2, 0.25) is 0 Å². The fourth-order valence-corrected chi connectivity index (χ4v) is 2.89. The number of guanidine groups is 1. The lowest BCUT2D eigenvalue weighted by Crippen LogP contribution is -2.38. The summed E-state index contributed by atoms with van der Waals surface area (Å²) in [6.45, 7) is 3.70. The molecule has 0 amide bonds. The summed E-state index contributed by atoms with van der Waals surface area (Å²) in [5.41, 5.74) is 4.89. The van der Waals surface area contributed by atoms with Crippen LogP contribution < -0.4 is 10.6 Å². The highest BCUT2D eigenvalue weighted by Gasteiger charge is 2.03. The molecule has 0 fully saturated rings. The van der Waals surface area contributed by atoms with Crippen LogP contribution in [0.5, 0.6) is 0 Å². The third kappa shape index (κ3) is 4.35. The summed E-state index contributed by atoms with van der Waals surface area (Å²) in [6.07, 6.45) is 2.75. The van der Waals surface area contributed by atoms with Crippen molar-refractivity contribution in [3.8, 4) is 0 Å². The number of benzene rings is 2. The Balaban J connectivity index is 1.56. The van der Waals surface area contributed by atoms with E-state index in [-0.39, 0.29) is 0 Å². The molecule has 3 aromatic rings. The van der Waals surface area contributed by atoms with Crippen LogP contribution in [0.25, 0.3) is 10.9 Å². The summed E-state index contributed by atoms with van der Waals surface area (Å²) in [5, 5.41) is 7.94. The molecule has 4 heteroatoms. The van der Waals surface area contributed by atoms with Gasteiger partial charge in [-0.25, -0.2) is 0 Å². The number of nitrogens with one attached hydrogen (secondary N) is 2. The lowest BCUT2D eigenvalue weighted by molar-refractivity contribution is 0.794. The minimum Gasteiger partial charge on any atom is -0.356 e. The van der Waals surface area contributed by atoms with E-state index < -0.39 is 0 Å². The first-order valence-electron chi connectivity index (χ1n) is 8.59. The maximum atomic E-state index is 4.51. The van der Waals surface area contributed by atoms with Crippen molar-refractivity contribution in [2.45, 2.75) is 19.9 Å². The molecule has 0 spiro atoms. The molecule has 0 saturated carbocycles. The first-order chi connectivity index (χ1) is 12.3. The summed E-state index contributed by atoms with van der Waals surface area (Å²) in [5.74, 6) is 0.816. The van der Waals surface area contributed by atoms with Crippen molar-refractivity contribution in [1.29, 1.82) is 0 Å². The Bertz CT molecular complexity index is 865. The molecule has 3 rings (SSSR count). The van der Waals surface area contributed by atoms with Crippen molar-refractivity contribution in [2.24, 2.45) is 4.99 Å². The van der Waals surface area contributed by atoms with Crippen molar-refractivity contribution in [2.75, 3.05) is 13.6 Å². The molecule has 4 nitrogen and oxygen atoms in total. The van der Waals surface area contributed by atoms with E-state index in [0.29, 0.717) is 0 Å². The molecule has 128 valence electrons. The van der Waals surface area contributed by atoms with E-state index >= 15 is 0 Å². The second kappa shape index (κ2) is 8.29. The number of aliphatic imine (C=N–C) groups is 1. The number of aromatic nitrogens is 1. The minimum atomic E-state index is 0.766. The Morgan fingerprint density at radius 3 is 2.60 bits per heavy atom. The molecule has 0 radical (unpaired) electrons. The number of nitrogens with zero attached hydrogens (tertiary/aromatic N) is 2. The van der Waals surface area contributed by atoms with Gasteiger partial charge in [0.25, 0.3) is 0 Å². The fourth-order valence-electron chi connectivity index (χ4n) is 2.89. The molecule has 2 N–H and O–H groups in total. The van der Waals surface area contributed by atoms with Crippen LogP contribution in [0.4, 0.5) is 0 Å². The van der Waals surface area contributed by atoms with E-state index in [1.165, 1.54) is 22.1 Å². The SMILES string of the molecule is CN=C(NCCc1cccc2cccnc12)NCc1ccccc1C. The van der Waals surface area contributed by atoms with E-state index in [4.69, 9.17) is 0 Å². The molecule has 25 heavy (non-hydrogen) atoms. The van der Waals surface area contributed by atoms with Crippen LogP contribution in [0.1, 0.15) is 16.7 Å². The Morgan fingerprint density at radius 2 is 1.76 bits per heavy atom. The molecule has 0 aliphatic heterocycles. The zero-order valence-corrected chi connectivity index (χ0v) is 14.8. The van der Waals surface area contributed by atoms with Crippen molar-refractivity contribution >= 4 is 16.9 Å². The van der Waals surface area contributed by atoms with Gasteiger partial charge < -0.3 is 10.6 Å². The van der Waals surface area contributed by atoms with Crippen LogP contribution >= 0.6 is 0 Å². The van der Waals surface area contributed by atoms with Crippen molar-refractivity contribution in [3.63, 3.8) is 0 Å². The number of aryl methyl sites for hydroxylation is 1. The van der Waals surface area contributed by atoms with Gasteiger partial charge in [0.05, 0.1) is 5.52 Å². The number of fused-ring (bicyclic) bond motifs is 1. The first kappa shape index (κ1) is 17.0. The quantitative estimate of drug-likeness (QED) is 0.556. The second-order valence-electron chi connectivity index (χ2n) is 6.02. The minimum absolute atomic E-state index is 0.766. The smallest absolute Gasteiger partial charge is 0.191 e. The summed E-state index contributed by atoms with van der Waals surface area (Å²) in [4.78, 5) is 8.82. The molecule has 0 unspecified atom stereocenters. The third-order valence-electron chi connectivity index (χ3n) is 4.33. The molecule has 0 aliphatic carbocycles. The molecule has 0 bridgehead atoms. The van der Waals surface area contributed by atoms with Crippen molar-refractivity contribution in [1.82, 2.24) is 15.6 Å². The van der Waals surface area contributed by atoms with Gasteiger partial charge in [0.2, 0.25) is 0 Å². The summed E-state index contributed by atoms with van der Waals surface area (Å²) >= 11 is 0. The van der Waals surface area contributed by atoms with Gasteiger partial charge in [-0.3, -0.25) is 9.98 Å². The second-order valence-corrected chi connectivity index (χ2v) is 6.02. The highest BCUT2D eigenvalue weighted by atomic mass is 15.2. The maximum absolute atomic E-state index is 4.51. The summed E-state index contributed by atoms with van der Waals surface area (Å²) < 4.78 is 0. The number of pyridine rings is 1. The maximum Gasteiger partial charge on any atom is 0.191 e. The van der Waals surface area contributed by atoms with Gasteiger partial charge in [0.15, 0.2) is 5.96 Å². The zero-order chi connectivity index (χ0) is 17.5. The molecular weight excluding hydrogens is 308 g/mol. The summed E-state index contributed by atoms with van der Waals surface area (Å²) in [6, 6.07) is 18.8. The lowest BCUT2D eigenvalue weighted by atomic mass is 10.1. The average molecular weight is 332 g/mol. The Hall–Kier alpha value is -2.88. The number of hydrogen-bond donors (Lipinski definition) is 2. The molecule has 1 aromatic heterocycles. The van der Waals surface area contributed by atoms with Crippen LogP contribution in [0.15, 0.2) is 65.8 Å². The molecule has 0 aliphatic rings. The predicted molar refractivity (Wildman–Crippen MR) is 105 cm³/mol. The van der Waals surface area contributed by atoms with Crippen LogP contribution in [-0.2, 0) is 13.0 Å². The van der Waals surface area contributed by atoms with Gasteiger partial charge in [-0.15, -0.1) is 0 Å². The fraction of sp³-hybridized carbons (Fsp3) is 0.238. The van der Waals surface area contributed by atoms with E-state index in [9.17, 15) is 0 Å². The van der Waals surface area contributed by atoms with Gasteiger partial charge in [0.1, 0.15) is 0 Å². The van der Waals surface area contributed by atoms with E-state index in [1.54, 1.807) is 7.05 Å². The Labute approximate surface area is 149 Å². The topological polar surface area (TPSA) is 49.3 Å². The molecule has 0 saturated heterocycles. The number of rotatable bonds is 5. The normalized spacial score (nSPS) is 11.5. The largest absolute Gasteiger partial charge is 0.356 e. The first-order valence-corrected chi connectivity index (χ1v) is 8.59. The zero-order valence-electron chi connectivity index (χ0n) is 14.8. The molecule has 1 heterocycles. The average Bonchev–Trinajstić information content (AvgIpc) is 2.66. The number of hydrogen-bond acceptors (Lipinski definition) is 2. The predicted octanol–water partition coefficient (Wildman–Crippen LogP) is 3.45. The van der Waals surface area contributed by atoms with Gasteiger partial charge in [-0.1, -0.05) is 48.5 Å². The number of para-hydroxylation sites is 1. The van der Waals surface area contributed by atoms with Gasteiger partial charge in [-0.2, -0.15) is 0 Å². The van der Waals surface area contributed by atoms with E-state index in [2.05, 4.69) is 76.1 Å². The van der Waals surface area contributed by atoms with Gasteiger partial charge >= 0.3 is 0 Å². The molecule has 0 atom stereocenters. The highest BCUT2D eigenvalue weighted by Crippen LogP contribution is 2.15. The van der Waals surface area contributed by atoms with Crippen molar-refractivity contribution < 1.29 is 0 Å². The Kier molecular flexibility index (Phi) is 5.62. The molecule has 2 aromatic carbocycles. The van der Waals surface area contributed by atoms with Crippen LogP contribution in [-0.4, -0.2) is 24.5 Å². The van der Waals surface area contributed by atoms with E-state index in [1.807, 2.05) is 12.3 Å². The monoisotopic (exact) mass is 332 g/mol. The molecular formula is C21H24N4. The van der Waals surface area contributed by atoms with Gasteiger partial charge in [0, 0.05) is 31.7 Å². The van der Waals surface area contributed by atoms with Crippen molar-refractivity contribution in [3.05, 3.63) is 77.5 Å². The highest BCUT2D eigenvalue weighted by molar-refractivity contribution is 5.82. The van der Waals surface area contributed by atoms with E-state index in [0.717, 1.165) is 31.0 Å². The lowest BCUT2D eigenvalue weighted by Gasteiger charge is -2.13. The van der Waals surface area contributed by atoms with Crippen LogP contribution in [0, 0.1) is 6.92 Å². The third-order valence-corrected chi connectivity index (χ3v) is 4.33. The van der Waals surface area contributed by atoms with Gasteiger partial charge in [-0.05, 0) is 36.1 Å². The summed E-state index contributed by atoms with van der Waals surface area (Å²) in [7, 11) is 1.80. The van der Waals surface area contributed by atoms with Crippen LogP contribution in [0.3, 0.4) is 0 Å². The Morgan fingerprint density at radius 1 is 0.960 bits per heavy atom.